The largest absolute Gasteiger partial charge is 0.497 e. The molecule has 2 aromatic carbocycles. The molecule has 0 unspecified atom stereocenters. The Balaban J connectivity index is 1.57. The van der Waals surface area contributed by atoms with Crippen molar-refractivity contribution in [2.75, 3.05) is 40.4 Å². The SMILES string of the molecule is COc1ccc(OC)c(C[NH+]2CC[NH+](Cc3ccccc3C)CC2)c1. The molecule has 25 heavy (non-hydrogen) atoms. The van der Waals surface area contributed by atoms with Gasteiger partial charge in [-0.25, -0.2) is 0 Å². The molecule has 4 heteroatoms. The predicted molar refractivity (Wildman–Crippen MR) is 99.5 cm³/mol. The van der Waals surface area contributed by atoms with E-state index in [1.165, 1.54) is 42.9 Å². The molecule has 1 fully saturated rings. The molecular formula is C21H30N2O2+2. The molecule has 0 spiro atoms. The number of benzene rings is 2. The Hall–Kier alpha value is -2.04. The summed E-state index contributed by atoms with van der Waals surface area (Å²) in [7, 11) is 3.46. The van der Waals surface area contributed by atoms with Crippen LogP contribution in [0.3, 0.4) is 0 Å². The van der Waals surface area contributed by atoms with Crippen LogP contribution in [-0.2, 0) is 13.1 Å². The van der Waals surface area contributed by atoms with Crippen molar-refractivity contribution in [3.05, 3.63) is 59.2 Å². The van der Waals surface area contributed by atoms with E-state index >= 15 is 0 Å². The maximum atomic E-state index is 5.53. The molecule has 0 aromatic heterocycles. The fourth-order valence-electron chi connectivity index (χ4n) is 3.68. The summed E-state index contributed by atoms with van der Waals surface area (Å²) in [6.45, 7) is 9.18. The summed E-state index contributed by atoms with van der Waals surface area (Å²) in [6.07, 6.45) is 0. The monoisotopic (exact) mass is 342 g/mol. The summed E-state index contributed by atoms with van der Waals surface area (Å²) >= 11 is 0. The van der Waals surface area contributed by atoms with Crippen LogP contribution in [0.15, 0.2) is 42.5 Å². The first-order chi connectivity index (χ1) is 12.2. The number of quaternary nitrogens is 2. The maximum absolute atomic E-state index is 5.53. The van der Waals surface area contributed by atoms with Crippen LogP contribution in [0.5, 0.6) is 11.5 Å². The number of aryl methyl sites for hydroxylation is 1. The number of hydrogen-bond donors (Lipinski definition) is 2. The van der Waals surface area contributed by atoms with E-state index in [4.69, 9.17) is 9.47 Å². The van der Waals surface area contributed by atoms with Gasteiger partial charge in [0, 0.05) is 5.56 Å². The molecule has 134 valence electrons. The molecule has 2 N–H and O–H groups in total. The second-order valence-corrected chi connectivity index (χ2v) is 6.96. The van der Waals surface area contributed by atoms with Crippen LogP contribution in [0.25, 0.3) is 0 Å². The fourth-order valence-corrected chi connectivity index (χ4v) is 3.68. The van der Waals surface area contributed by atoms with E-state index in [2.05, 4.69) is 37.3 Å². The van der Waals surface area contributed by atoms with Gasteiger partial charge in [0.05, 0.1) is 19.8 Å². The molecule has 1 aliphatic heterocycles. The molecule has 4 nitrogen and oxygen atoms in total. The van der Waals surface area contributed by atoms with Crippen LogP contribution in [0.2, 0.25) is 0 Å². The van der Waals surface area contributed by atoms with Gasteiger partial charge in [-0.3, -0.25) is 0 Å². The summed E-state index contributed by atoms with van der Waals surface area (Å²) in [5.41, 5.74) is 4.13. The zero-order chi connectivity index (χ0) is 17.6. The maximum Gasteiger partial charge on any atom is 0.127 e. The number of hydrogen-bond acceptors (Lipinski definition) is 2. The highest BCUT2D eigenvalue weighted by atomic mass is 16.5. The summed E-state index contributed by atoms with van der Waals surface area (Å²) in [4.78, 5) is 3.32. The van der Waals surface area contributed by atoms with Gasteiger partial charge < -0.3 is 19.3 Å². The number of piperazine rings is 1. The Morgan fingerprint density at radius 1 is 0.800 bits per heavy atom. The lowest BCUT2D eigenvalue weighted by Gasteiger charge is -2.30. The fraction of sp³-hybridized carbons (Fsp3) is 0.429. The molecule has 0 radical (unpaired) electrons. The number of nitrogens with one attached hydrogen (secondary N) is 2. The minimum Gasteiger partial charge on any atom is -0.497 e. The van der Waals surface area contributed by atoms with Gasteiger partial charge in [-0.05, 0) is 30.7 Å². The van der Waals surface area contributed by atoms with Gasteiger partial charge >= 0.3 is 0 Å². The third kappa shape index (κ3) is 4.53. The van der Waals surface area contributed by atoms with E-state index in [1.807, 2.05) is 12.1 Å². The molecule has 1 heterocycles. The van der Waals surface area contributed by atoms with Crippen molar-refractivity contribution in [2.45, 2.75) is 20.0 Å². The highest BCUT2D eigenvalue weighted by Gasteiger charge is 2.24. The van der Waals surface area contributed by atoms with Gasteiger partial charge in [-0.2, -0.15) is 0 Å². The van der Waals surface area contributed by atoms with Gasteiger partial charge in [0.1, 0.15) is 50.8 Å². The quantitative estimate of drug-likeness (QED) is 0.800. The first kappa shape index (κ1) is 17.8. The molecule has 3 rings (SSSR count). The lowest BCUT2D eigenvalue weighted by Crippen LogP contribution is -3.27. The lowest BCUT2D eigenvalue weighted by molar-refractivity contribution is -1.02. The van der Waals surface area contributed by atoms with Crippen LogP contribution in [0.1, 0.15) is 16.7 Å². The van der Waals surface area contributed by atoms with Crippen molar-refractivity contribution in [3.63, 3.8) is 0 Å². The average molecular weight is 342 g/mol. The Morgan fingerprint density at radius 2 is 1.44 bits per heavy atom. The molecule has 1 saturated heterocycles. The van der Waals surface area contributed by atoms with Gasteiger partial charge in [0.15, 0.2) is 0 Å². The molecule has 1 aliphatic rings. The normalized spacial score (nSPS) is 20.3. The third-order valence-corrected chi connectivity index (χ3v) is 5.29. The Morgan fingerprint density at radius 3 is 2.04 bits per heavy atom. The summed E-state index contributed by atoms with van der Waals surface area (Å²) < 4.78 is 10.9. The molecule has 0 aliphatic carbocycles. The van der Waals surface area contributed by atoms with E-state index in [0.717, 1.165) is 24.6 Å². The van der Waals surface area contributed by atoms with Crippen LogP contribution in [0, 0.1) is 6.92 Å². The second-order valence-electron chi connectivity index (χ2n) is 6.96. The molecule has 0 amide bonds. The van der Waals surface area contributed by atoms with E-state index in [1.54, 1.807) is 24.0 Å². The highest BCUT2D eigenvalue weighted by Crippen LogP contribution is 2.23. The van der Waals surface area contributed by atoms with Crippen molar-refractivity contribution < 1.29 is 19.3 Å². The van der Waals surface area contributed by atoms with Gasteiger partial charge in [0.2, 0.25) is 0 Å². The van der Waals surface area contributed by atoms with E-state index in [-0.39, 0.29) is 0 Å². The van der Waals surface area contributed by atoms with Gasteiger partial charge in [0.25, 0.3) is 0 Å². The van der Waals surface area contributed by atoms with Crippen molar-refractivity contribution in [3.8, 4) is 11.5 Å². The topological polar surface area (TPSA) is 27.3 Å². The minimum absolute atomic E-state index is 0.902. The molecule has 0 saturated carbocycles. The highest BCUT2D eigenvalue weighted by molar-refractivity contribution is 5.39. The van der Waals surface area contributed by atoms with Crippen molar-refractivity contribution >= 4 is 0 Å². The zero-order valence-electron chi connectivity index (χ0n) is 15.6. The first-order valence-electron chi connectivity index (χ1n) is 9.12. The zero-order valence-corrected chi connectivity index (χ0v) is 15.6. The van der Waals surface area contributed by atoms with Crippen molar-refractivity contribution in [1.82, 2.24) is 0 Å². The molecule has 0 bridgehead atoms. The predicted octanol–water partition coefficient (Wildman–Crippen LogP) is 0.496. The van der Waals surface area contributed by atoms with Crippen molar-refractivity contribution in [2.24, 2.45) is 0 Å². The Bertz CT molecular complexity index is 694. The number of rotatable bonds is 6. The summed E-state index contributed by atoms with van der Waals surface area (Å²) in [6, 6.07) is 14.8. The summed E-state index contributed by atoms with van der Waals surface area (Å²) in [5.74, 6) is 1.86. The number of ether oxygens (including phenoxy) is 2. The van der Waals surface area contributed by atoms with Crippen LogP contribution in [-0.4, -0.2) is 40.4 Å². The summed E-state index contributed by atoms with van der Waals surface area (Å²) in [5, 5.41) is 0. The van der Waals surface area contributed by atoms with Crippen LogP contribution < -0.4 is 19.3 Å². The Kier molecular flexibility index (Phi) is 5.95. The van der Waals surface area contributed by atoms with E-state index in [0.29, 0.717) is 0 Å². The second kappa shape index (κ2) is 8.37. The smallest absolute Gasteiger partial charge is 0.127 e. The lowest BCUT2D eigenvalue weighted by atomic mass is 10.1. The van der Waals surface area contributed by atoms with E-state index in [9.17, 15) is 0 Å². The van der Waals surface area contributed by atoms with Gasteiger partial charge in [-0.1, -0.05) is 24.3 Å². The molecular weight excluding hydrogens is 312 g/mol. The van der Waals surface area contributed by atoms with Crippen LogP contribution >= 0.6 is 0 Å². The van der Waals surface area contributed by atoms with Gasteiger partial charge in [-0.15, -0.1) is 0 Å². The molecule has 0 atom stereocenters. The standard InChI is InChI=1S/C21H28N2O2/c1-17-6-4-5-7-18(17)15-22-10-12-23(13-11-22)16-19-14-20(24-2)8-9-21(19)25-3/h4-9,14H,10-13,15-16H2,1-3H3/p+2. The van der Waals surface area contributed by atoms with Crippen molar-refractivity contribution in [1.29, 1.82) is 0 Å². The third-order valence-electron chi connectivity index (χ3n) is 5.29. The first-order valence-corrected chi connectivity index (χ1v) is 9.12. The van der Waals surface area contributed by atoms with Crippen LogP contribution in [0.4, 0.5) is 0 Å². The Labute approximate surface area is 151 Å². The van der Waals surface area contributed by atoms with E-state index < -0.39 is 0 Å². The molecule has 2 aromatic rings. The number of methoxy groups -OCH3 is 2. The average Bonchev–Trinajstić information content (AvgIpc) is 2.65. The minimum atomic E-state index is 0.902.